The van der Waals surface area contributed by atoms with E-state index in [2.05, 4.69) is 13.8 Å². The molecule has 0 heterocycles. The molecule has 2 unspecified atom stereocenters. The molecule has 0 amide bonds. The summed E-state index contributed by atoms with van der Waals surface area (Å²) in [5, 5.41) is 0. The second kappa shape index (κ2) is 7.56. The summed E-state index contributed by atoms with van der Waals surface area (Å²) in [5.74, 6) is 0.556. The maximum atomic E-state index is 5.42. The van der Waals surface area contributed by atoms with E-state index in [1.54, 1.807) is 14.2 Å². The van der Waals surface area contributed by atoms with Gasteiger partial charge in [0.2, 0.25) is 0 Å². The molecule has 0 aliphatic heterocycles. The van der Waals surface area contributed by atoms with Gasteiger partial charge in [-0.25, -0.2) is 0 Å². The topological polar surface area (TPSA) is 18.5 Å². The van der Waals surface area contributed by atoms with Gasteiger partial charge in [0.25, 0.3) is 0 Å². The highest BCUT2D eigenvalue weighted by molar-refractivity contribution is 4.67. The van der Waals surface area contributed by atoms with Crippen molar-refractivity contribution in [1.29, 1.82) is 0 Å². The summed E-state index contributed by atoms with van der Waals surface area (Å²) in [5.41, 5.74) is 0. The average molecular weight is 174 g/mol. The van der Waals surface area contributed by atoms with E-state index in [0.29, 0.717) is 12.0 Å². The Morgan fingerprint density at radius 3 is 2.17 bits per heavy atom. The number of methoxy groups -OCH3 is 2. The van der Waals surface area contributed by atoms with Crippen molar-refractivity contribution in [2.24, 2.45) is 5.92 Å². The first-order valence-corrected chi connectivity index (χ1v) is 4.81. The standard InChI is InChI=1S/C10H22O2/c1-5-7-10(12-4)9(6-2)8-11-3/h9-10H,5-8H2,1-4H3. The predicted molar refractivity (Wildman–Crippen MR) is 51.4 cm³/mol. The van der Waals surface area contributed by atoms with Crippen LogP contribution in [0.2, 0.25) is 0 Å². The molecule has 0 saturated carbocycles. The fourth-order valence-electron chi connectivity index (χ4n) is 1.53. The molecule has 0 aromatic rings. The van der Waals surface area contributed by atoms with Crippen LogP contribution in [0, 0.1) is 5.92 Å². The van der Waals surface area contributed by atoms with E-state index in [-0.39, 0.29) is 0 Å². The summed E-state index contributed by atoms with van der Waals surface area (Å²) in [6, 6.07) is 0. The highest BCUT2D eigenvalue weighted by Gasteiger charge is 2.17. The molecule has 0 aromatic heterocycles. The van der Waals surface area contributed by atoms with Gasteiger partial charge in [-0.1, -0.05) is 20.3 Å². The molecular weight excluding hydrogens is 152 g/mol. The van der Waals surface area contributed by atoms with E-state index >= 15 is 0 Å². The van der Waals surface area contributed by atoms with Crippen LogP contribution in [0.3, 0.4) is 0 Å². The van der Waals surface area contributed by atoms with E-state index in [9.17, 15) is 0 Å². The second-order valence-corrected chi connectivity index (χ2v) is 3.19. The molecule has 0 spiro atoms. The van der Waals surface area contributed by atoms with Crippen molar-refractivity contribution in [3.05, 3.63) is 0 Å². The van der Waals surface area contributed by atoms with Gasteiger partial charge >= 0.3 is 0 Å². The van der Waals surface area contributed by atoms with Crippen LogP contribution in [-0.4, -0.2) is 26.9 Å². The molecule has 0 aromatic carbocycles. The summed E-state index contributed by atoms with van der Waals surface area (Å²) in [4.78, 5) is 0. The van der Waals surface area contributed by atoms with Crippen LogP contribution in [0.15, 0.2) is 0 Å². The van der Waals surface area contributed by atoms with Gasteiger partial charge in [-0.15, -0.1) is 0 Å². The number of ether oxygens (including phenoxy) is 2. The molecule has 0 bridgehead atoms. The lowest BCUT2D eigenvalue weighted by Crippen LogP contribution is -2.25. The SMILES string of the molecule is CCCC(OC)C(CC)COC. The Morgan fingerprint density at radius 2 is 1.83 bits per heavy atom. The molecule has 0 radical (unpaired) electrons. The molecule has 0 saturated heterocycles. The van der Waals surface area contributed by atoms with E-state index in [4.69, 9.17) is 9.47 Å². The summed E-state index contributed by atoms with van der Waals surface area (Å²) >= 11 is 0. The Labute approximate surface area is 76.3 Å². The van der Waals surface area contributed by atoms with Crippen LogP contribution < -0.4 is 0 Å². The maximum Gasteiger partial charge on any atom is 0.0621 e. The van der Waals surface area contributed by atoms with Crippen molar-refractivity contribution in [3.63, 3.8) is 0 Å². The maximum absolute atomic E-state index is 5.42. The Kier molecular flexibility index (Phi) is 7.51. The Morgan fingerprint density at radius 1 is 1.17 bits per heavy atom. The number of hydrogen-bond donors (Lipinski definition) is 0. The lowest BCUT2D eigenvalue weighted by molar-refractivity contribution is 0.00765. The first-order chi connectivity index (χ1) is 5.79. The van der Waals surface area contributed by atoms with Gasteiger partial charge in [-0.05, 0) is 12.8 Å². The zero-order chi connectivity index (χ0) is 9.40. The molecule has 0 rings (SSSR count). The van der Waals surface area contributed by atoms with Gasteiger partial charge in [0, 0.05) is 20.1 Å². The highest BCUT2D eigenvalue weighted by atomic mass is 16.5. The summed E-state index contributed by atoms with van der Waals surface area (Å²) in [6.45, 7) is 5.19. The van der Waals surface area contributed by atoms with E-state index in [1.807, 2.05) is 0 Å². The second-order valence-electron chi connectivity index (χ2n) is 3.19. The molecule has 2 atom stereocenters. The first-order valence-electron chi connectivity index (χ1n) is 4.81. The molecule has 0 aliphatic carbocycles. The Bertz CT molecular complexity index is 81.8. The van der Waals surface area contributed by atoms with Gasteiger partial charge in [0.15, 0.2) is 0 Å². The first kappa shape index (κ1) is 11.9. The van der Waals surface area contributed by atoms with Crippen molar-refractivity contribution < 1.29 is 9.47 Å². The normalized spacial score (nSPS) is 16.0. The van der Waals surface area contributed by atoms with Gasteiger partial charge in [0.05, 0.1) is 12.7 Å². The van der Waals surface area contributed by atoms with E-state index in [1.165, 1.54) is 6.42 Å². The van der Waals surface area contributed by atoms with Crippen molar-refractivity contribution in [3.8, 4) is 0 Å². The highest BCUT2D eigenvalue weighted by Crippen LogP contribution is 2.16. The van der Waals surface area contributed by atoms with Crippen molar-refractivity contribution in [2.75, 3.05) is 20.8 Å². The zero-order valence-electron chi connectivity index (χ0n) is 8.80. The fraction of sp³-hybridized carbons (Fsp3) is 1.00. The largest absolute Gasteiger partial charge is 0.384 e. The van der Waals surface area contributed by atoms with Crippen LogP contribution >= 0.6 is 0 Å². The average Bonchev–Trinajstić information content (AvgIpc) is 2.11. The molecule has 0 fully saturated rings. The summed E-state index contributed by atoms with van der Waals surface area (Å²) in [7, 11) is 3.54. The van der Waals surface area contributed by atoms with Crippen LogP contribution in [0.1, 0.15) is 33.1 Å². The molecule has 0 N–H and O–H groups in total. The fourth-order valence-corrected chi connectivity index (χ4v) is 1.53. The lowest BCUT2D eigenvalue weighted by Gasteiger charge is -2.23. The number of rotatable bonds is 7. The Balaban J connectivity index is 3.84. The Hall–Kier alpha value is -0.0800. The van der Waals surface area contributed by atoms with Crippen LogP contribution in [0.4, 0.5) is 0 Å². The van der Waals surface area contributed by atoms with E-state index in [0.717, 1.165) is 19.4 Å². The van der Waals surface area contributed by atoms with Gasteiger partial charge in [0.1, 0.15) is 0 Å². The van der Waals surface area contributed by atoms with Gasteiger partial charge < -0.3 is 9.47 Å². The minimum Gasteiger partial charge on any atom is -0.384 e. The van der Waals surface area contributed by atoms with Crippen LogP contribution in [-0.2, 0) is 9.47 Å². The molecule has 74 valence electrons. The molecular formula is C10H22O2. The third kappa shape index (κ3) is 4.07. The minimum atomic E-state index is 0.375. The quantitative estimate of drug-likeness (QED) is 0.590. The third-order valence-corrected chi connectivity index (χ3v) is 2.31. The zero-order valence-corrected chi connectivity index (χ0v) is 8.80. The monoisotopic (exact) mass is 174 g/mol. The third-order valence-electron chi connectivity index (χ3n) is 2.31. The minimum absolute atomic E-state index is 0.375. The smallest absolute Gasteiger partial charge is 0.0621 e. The van der Waals surface area contributed by atoms with Crippen LogP contribution in [0.5, 0.6) is 0 Å². The van der Waals surface area contributed by atoms with Crippen molar-refractivity contribution >= 4 is 0 Å². The van der Waals surface area contributed by atoms with Gasteiger partial charge in [-0.3, -0.25) is 0 Å². The van der Waals surface area contributed by atoms with Crippen molar-refractivity contribution in [2.45, 2.75) is 39.2 Å². The van der Waals surface area contributed by atoms with Crippen molar-refractivity contribution in [1.82, 2.24) is 0 Å². The molecule has 2 heteroatoms. The summed E-state index contributed by atoms with van der Waals surface area (Å²) in [6.07, 6.45) is 3.82. The number of hydrogen-bond acceptors (Lipinski definition) is 2. The predicted octanol–water partition coefficient (Wildman–Crippen LogP) is 2.47. The lowest BCUT2D eigenvalue weighted by atomic mass is 9.97. The molecule has 12 heavy (non-hydrogen) atoms. The molecule has 0 aliphatic rings. The van der Waals surface area contributed by atoms with E-state index < -0.39 is 0 Å². The van der Waals surface area contributed by atoms with Gasteiger partial charge in [-0.2, -0.15) is 0 Å². The molecule has 2 nitrogen and oxygen atoms in total. The summed E-state index contributed by atoms with van der Waals surface area (Å²) < 4.78 is 10.6. The van der Waals surface area contributed by atoms with Crippen LogP contribution in [0.25, 0.3) is 0 Å².